The molecule has 1 aromatic heterocycles. The second-order valence-electron chi connectivity index (χ2n) is 6.06. The summed E-state index contributed by atoms with van der Waals surface area (Å²) in [6, 6.07) is 0.581. The number of methoxy groups -OCH3 is 1. The van der Waals surface area contributed by atoms with Crippen molar-refractivity contribution in [2.45, 2.75) is 38.1 Å². The minimum absolute atomic E-state index is 0.0472. The van der Waals surface area contributed by atoms with Gasteiger partial charge in [-0.25, -0.2) is 9.97 Å². The second kappa shape index (κ2) is 6.93. The first kappa shape index (κ1) is 15.7. The molecule has 2 heterocycles. The molecule has 1 aliphatic carbocycles. The molecule has 1 aromatic rings. The summed E-state index contributed by atoms with van der Waals surface area (Å²) in [5, 5.41) is 0. The molecule has 1 saturated carbocycles. The number of nitrogens with zero attached hydrogens (tertiary/aromatic N) is 4. The molecule has 0 radical (unpaired) electrons. The molecule has 0 bridgehead atoms. The lowest BCUT2D eigenvalue weighted by Crippen LogP contribution is -2.55. The Morgan fingerprint density at radius 3 is 2.48 bits per heavy atom. The third kappa shape index (κ3) is 3.43. The van der Waals surface area contributed by atoms with E-state index in [1.165, 1.54) is 38.8 Å². The van der Waals surface area contributed by atoms with Crippen LogP contribution in [0.5, 0.6) is 6.01 Å². The monoisotopic (exact) mass is 318 g/mol. The maximum Gasteiger partial charge on any atom is 0.316 e. The van der Waals surface area contributed by atoms with Crippen molar-refractivity contribution in [1.82, 2.24) is 19.8 Å². The zero-order valence-electron chi connectivity index (χ0n) is 13.4. The van der Waals surface area contributed by atoms with E-state index in [1.807, 2.05) is 4.90 Å². The molecule has 1 aliphatic heterocycles. The molecule has 2 fully saturated rings. The van der Waals surface area contributed by atoms with Gasteiger partial charge in [0.2, 0.25) is 5.91 Å². The van der Waals surface area contributed by atoms with Crippen molar-refractivity contribution in [1.29, 1.82) is 0 Å². The fourth-order valence-electron chi connectivity index (χ4n) is 3.35. The van der Waals surface area contributed by atoms with E-state index in [0.717, 1.165) is 12.8 Å². The fourth-order valence-corrected chi connectivity index (χ4v) is 3.35. The molecule has 2 amide bonds. The van der Waals surface area contributed by atoms with Crippen LogP contribution in [0, 0.1) is 0 Å². The maximum atomic E-state index is 12.5. The van der Waals surface area contributed by atoms with Gasteiger partial charge in [-0.2, -0.15) is 0 Å². The van der Waals surface area contributed by atoms with Crippen LogP contribution in [0.3, 0.4) is 0 Å². The number of carbonyl (C=O) groups excluding carboxylic acids is 2. The van der Waals surface area contributed by atoms with Gasteiger partial charge < -0.3 is 14.5 Å². The van der Waals surface area contributed by atoms with E-state index in [1.54, 1.807) is 4.90 Å². The van der Waals surface area contributed by atoms with Crippen molar-refractivity contribution in [2.24, 2.45) is 0 Å². The topological polar surface area (TPSA) is 75.6 Å². The number of hydrogen-bond acceptors (Lipinski definition) is 5. The van der Waals surface area contributed by atoms with Crippen LogP contribution in [-0.2, 0) is 4.79 Å². The van der Waals surface area contributed by atoms with Crippen molar-refractivity contribution in [3.63, 3.8) is 0 Å². The molecule has 23 heavy (non-hydrogen) atoms. The molecule has 0 spiro atoms. The van der Waals surface area contributed by atoms with Gasteiger partial charge in [-0.05, 0) is 12.8 Å². The minimum atomic E-state index is -0.204. The van der Waals surface area contributed by atoms with Gasteiger partial charge in [0, 0.05) is 31.5 Å². The predicted molar refractivity (Wildman–Crippen MR) is 83.1 cm³/mol. The number of amides is 2. The largest absolute Gasteiger partial charge is 0.467 e. The van der Waals surface area contributed by atoms with E-state index in [9.17, 15) is 9.59 Å². The highest BCUT2D eigenvalue weighted by Crippen LogP contribution is 2.24. The van der Waals surface area contributed by atoms with E-state index < -0.39 is 0 Å². The average Bonchev–Trinajstić information content (AvgIpc) is 2.62. The first-order valence-electron chi connectivity index (χ1n) is 8.14. The Morgan fingerprint density at radius 1 is 1.17 bits per heavy atom. The quantitative estimate of drug-likeness (QED) is 0.834. The van der Waals surface area contributed by atoms with Crippen LogP contribution in [0.2, 0.25) is 0 Å². The normalized spacial score (nSPS) is 19.8. The number of rotatable bonds is 3. The summed E-state index contributed by atoms with van der Waals surface area (Å²) in [5.74, 6) is -0.157. The Morgan fingerprint density at radius 2 is 1.87 bits per heavy atom. The molecule has 0 atom stereocenters. The van der Waals surface area contributed by atoms with Gasteiger partial charge in [0.1, 0.15) is 6.54 Å². The molecule has 0 unspecified atom stereocenters. The summed E-state index contributed by atoms with van der Waals surface area (Å²) < 4.78 is 4.88. The minimum Gasteiger partial charge on any atom is -0.467 e. The molecule has 3 rings (SSSR count). The summed E-state index contributed by atoms with van der Waals surface area (Å²) in [6.45, 7) is 1.32. The van der Waals surface area contributed by atoms with Crippen LogP contribution in [0.1, 0.15) is 42.5 Å². The number of hydrogen-bond donors (Lipinski definition) is 0. The standard InChI is InChI=1S/C16H22N4O3/c1-23-16-17-9-12(10-18-16)15(22)19-7-8-20(14(21)11-19)13-5-3-2-4-6-13/h9-10,13H,2-8,11H2,1H3. The van der Waals surface area contributed by atoms with E-state index in [0.29, 0.717) is 24.7 Å². The van der Waals surface area contributed by atoms with E-state index in [4.69, 9.17) is 4.74 Å². The van der Waals surface area contributed by atoms with Crippen molar-refractivity contribution in [2.75, 3.05) is 26.7 Å². The lowest BCUT2D eigenvalue weighted by atomic mass is 9.93. The van der Waals surface area contributed by atoms with Crippen LogP contribution < -0.4 is 4.74 Å². The molecular weight excluding hydrogens is 296 g/mol. The summed E-state index contributed by atoms with van der Waals surface area (Å²) in [7, 11) is 1.47. The molecule has 1 saturated heterocycles. The average molecular weight is 318 g/mol. The highest BCUT2D eigenvalue weighted by Gasteiger charge is 2.32. The van der Waals surface area contributed by atoms with Gasteiger partial charge in [-0.15, -0.1) is 0 Å². The van der Waals surface area contributed by atoms with Crippen molar-refractivity contribution < 1.29 is 14.3 Å². The van der Waals surface area contributed by atoms with Gasteiger partial charge in [0.05, 0.1) is 12.7 Å². The van der Waals surface area contributed by atoms with Gasteiger partial charge in [0.25, 0.3) is 5.91 Å². The smallest absolute Gasteiger partial charge is 0.316 e. The Kier molecular flexibility index (Phi) is 4.73. The summed E-state index contributed by atoms with van der Waals surface area (Å²) in [6.07, 6.45) is 8.71. The fraction of sp³-hybridized carbons (Fsp3) is 0.625. The van der Waals surface area contributed by atoms with Gasteiger partial charge in [-0.3, -0.25) is 9.59 Å². The molecule has 7 heteroatoms. The molecule has 0 N–H and O–H groups in total. The number of aromatic nitrogens is 2. The Balaban J connectivity index is 1.62. The lowest BCUT2D eigenvalue weighted by Gasteiger charge is -2.40. The zero-order valence-corrected chi connectivity index (χ0v) is 13.4. The summed E-state index contributed by atoms with van der Waals surface area (Å²) in [5.41, 5.74) is 0.379. The maximum absolute atomic E-state index is 12.5. The number of piperazine rings is 1. The molecule has 124 valence electrons. The zero-order chi connectivity index (χ0) is 16.2. The van der Waals surface area contributed by atoms with Crippen LogP contribution in [0.4, 0.5) is 0 Å². The van der Waals surface area contributed by atoms with Gasteiger partial charge in [-0.1, -0.05) is 19.3 Å². The molecule has 7 nitrogen and oxygen atoms in total. The SMILES string of the molecule is COc1ncc(C(=O)N2CCN(C3CCCCC3)C(=O)C2)cn1. The Labute approximate surface area is 135 Å². The summed E-state index contributed by atoms with van der Waals surface area (Å²) in [4.78, 5) is 36.3. The van der Waals surface area contributed by atoms with Gasteiger partial charge in [0.15, 0.2) is 0 Å². The molecule has 2 aliphatic rings. The van der Waals surface area contributed by atoms with Gasteiger partial charge >= 0.3 is 6.01 Å². The third-order valence-electron chi connectivity index (χ3n) is 4.62. The molecular formula is C16H22N4O3. The highest BCUT2D eigenvalue weighted by molar-refractivity contribution is 5.96. The highest BCUT2D eigenvalue weighted by atomic mass is 16.5. The van der Waals surface area contributed by atoms with Crippen LogP contribution in [0.25, 0.3) is 0 Å². The third-order valence-corrected chi connectivity index (χ3v) is 4.62. The van der Waals surface area contributed by atoms with Crippen molar-refractivity contribution >= 4 is 11.8 Å². The van der Waals surface area contributed by atoms with Crippen LogP contribution >= 0.6 is 0 Å². The Bertz CT molecular complexity index is 569. The van der Waals surface area contributed by atoms with E-state index in [-0.39, 0.29) is 24.4 Å². The Hall–Kier alpha value is -2.18. The molecule has 0 aromatic carbocycles. The van der Waals surface area contributed by atoms with Crippen LogP contribution in [0.15, 0.2) is 12.4 Å². The van der Waals surface area contributed by atoms with E-state index in [2.05, 4.69) is 9.97 Å². The first-order chi connectivity index (χ1) is 11.2. The lowest BCUT2D eigenvalue weighted by molar-refractivity contribution is -0.138. The van der Waals surface area contributed by atoms with Crippen molar-refractivity contribution in [3.8, 4) is 6.01 Å². The first-order valence-corrected chi connectivity index (χ1v) is 8.14. The van der Waals surface area contributed by atoms with E-state index >= 15 is 0 Å². The summed E-state index contributed by atoms with van der Waals surface area (Å²) >= 11 is 0. The van der Waals surface area contributed by atoms with Crippen LogP contribution in [-0.4, -0.2) is 64.4 Å². The van der Waals surface area contributed by atoms with Crippen molar-refractivity contribution in [3.05, 3.63) is 18.0 Å². The second-order valence-corrected chi connectivity index (χ2v) is 6.06. The number of carbonyl (C=O) groups is 2. The predicted octanol–water partition coefficient (Wildman–Crippen LogP) is 1.10. The number of ether oxygens (including phenoxy) is 1.